The van der Waals surface area contributed by atoms with Gasteiger partial charge in [-0.15, -0.1) is 0 Å². The second-order valence-corrected chi connectivity index (χ2v) is 12.4. The van der Waals surface area contributed by atoms with Gasteiger partial charge >= 0.3 is 0 Å². The highest BCUT2D eigenvalue weighted by atomic mass is 32.2. The molecule has 0 amide bonds. The number of para-hydroxylation sites is 1. The van der Waals surface area contributed by atoms with E-state index in [0.29, 0.717) is 5.04 Å². The lowest BCUT2D eigenvalue weighted by Crippen LogP contribution is -2.54. The number of carbonyl (C=O) groups excluding carboxylic acids is 1. The zero-order valence-corrected chi connectivity index (χ0v) is 24.2. The van der Waals surface area contributed by atoms with Gasteiger partial charge in [-0.2, -0.15) is 10.2 Å². The molecule has 4 aromatic rings. The molecule has 6 rings (SSSR count). The molecule has 0 aromatic heterocycles. The first-order valence-electron chi connectivity index (χ1n) is 13.5. The standard InChI is InChI=1S/C34H32N4OS/c1-23-15-21-28(22-16-23)38-34(40-32(36-38)24(2)39)30-14-10-9-13-29(30)31(35-37(34)27-11-7-6-8-12-27)25-17-19-26(20-18-25)33(3,4)5/h6-22H,1-5H3/t34-/m1/s1. The van der Waals surface area contributed by atoms with Crippen LogP contribution in [0.5, 0.6) is 0 Å². The van der Waals surface area contributed by atoms with E-state index in [2.05, 4.69) is 107 Å². The van der Waals surface area contributed by atoms with Gasteiger partial charge in [-0.25, -0.2) is 10.0 Å². The van der Waals surface area contributed by atoms with E-state index >= 15 is 0 Å². The van der Waals surface area contributed by atoms with E-state index in [9.17, 15) is 4.79 Å². The lowest BCUT2D eigenvalue weighted by atomic mass is 9.85. The highest BCUT2D eigenvalue weighted by Crippen LogP contribution is 2.55. The smallest absolute Gasteiger partial charge is 0.234 e. The molecule has 0 saturated heterocycles. The van der Waals surface area contributed by atoms with Gasteiger partial charge in [-0.05, 0) is 53.9 Å². The fourth-order valence-electron chi connectivity index (χ4n) is 5.17. The third-order valence-electron chi connectivity index (χ3n) is 7.34. The van der Waals surface area contributed by atoms with Crippen molar-refractivity contribution in [1.82, 2.24) is 0 Å². The van der Waals surface area contributed by atoms with Crippen LogP contribution in [0.2, 0.25) is 0 Å². The van der Waals surface area contributed by atoms with E-state index in [1.807, 2.05) is 34.3 Å². The molecule has 0 radical (unpaired) electrons. The summed E-state index contributed by atoms with van der Waals surface area (Å²) in [6.45, 7) is 10.3. The van der Waals surface area contributed by atoms with Crippen molar-refractivity contribution in [3.05, 3.63) is 131 Å². The number of rotatable bonds is 4. The second kappa shape index (κ2) is 9.79. The Hall–Kier alpha value is -4.16. The molecule has 0 aliphatic carbocycles. The summed E-state index contributed by atoms with van der Waals surface area (Å²) in [5.74, 6) is -0.0722. The molecule has 1 spiro atoms. The SMILES string of the molecule is CC(=O)C1=NN(c2ccc(C)cc2)[C@@]2(S1)c1ccccc1C(c1ccc(C(C)(C)C)cc1)=NN2c1ccccc1. The van der Waals surface area contributed by atoms with E-state index < -0.39 is 4.99 Å². The van der Waals surface area contributed by atoms with Crippen molar-refractivity contribution in [3.63, 3.8) is 0 Å². The highest BCUT2D eigenvalue weighted by Gasteiger charge is 2.55. The molecule has 4 aromatic carbocycles. The molecule has 0 N–H and O–H groups in total. The van der Waals surface area contributed by atoms with Crippen molar-refractivity contribution < 1.29 is 4.79 Å². The van der Waals surface area contributed by atoms with Crippen LogP contribution < -0.4 is 10.0 Å². The molecule has 2 aliphatic rings. The Bertz CT molecular complexity index is 1640. The number of nitrogens with zero attached hydrogens (tertiary/aromatic N) is 4. The highest BCUT2D eigenvalue weighted by molar-refractivity contribution is 8.17. The predicted molar refractivity (Wildman–Crippen MR) is 167 cm³/mol. The molecule has 2 heterocycles. The Kier molecular flexibility index (Phi) is 6.38. The normalized spacial score (nSPS) is 18.4. The molecule has 5 nitrogen and oxygen atoms in total. The van der Waals surface area contributed by atoms with Crippen LogP contribution >= 0.6 is 11.8 Å². The van der Waals surface area contributed by atoms with Gasteiger partial charge in [0.15, 0.2) is 10.8 Å². The lowest BCUT2D eigenvalue weighted by Gasteiger charge is -2.47. The van der Waals surface area contributed by atoms with Crippen LogP contribution in [0.1, 0.15) is 55.5 Å². The molecule has 1 atom stereocenters. The Balaban J connectivity index is 1.62. The summed E-state index contributed by atoms with van der Waals surface area (Å²) in [6.07, 6.45) is 0. The minimum Gasteiger partial charge on any atom is -0.292 e. The summed E-state index contributed by atoms with van der Waals surface area (Å²) in [6, 6.07) is 35.5. The van der Waals surface area contributed by atoms with Gasteiger partial charge in [-0.1, -0.05) is 105 Å². The van der Waals surface area contributed by atoms with Gasteiger partial charge in [0.25, 0.3) is 0 Å². The number of aryl methyl sites for hydroxylation is 1. The van der Waals surface area contributed by atoms with Crippen LogP contribution in [-0.2, 0) is 15.2 Å². The topological polar surface area (TPSA) is 48.3 Å². The molecule has 200 valence electrons. The van der Waals surface area contributed by atoms with Crippen LogP contribution in [0.4, 0.5) is 11.4 Å². The lowest BCUT2D eigenvalue weighted by molar-refractivity contribution is -0.110. The summed E-state index contributed by atoms with van der Waals surface area (Å²) in [5, 5.41) is 14.8. The summed E-state index contributed by atoms with van der Waals surface area (Å²) in [5.41, 5.74) is 8.23. The van der Waals surface area contributed by atoms with E-state index in [-0.39, 0.29) is 11.2 Å². The average Bonchev–Trinajstić information content (AvgIpc) is 3.35. The van der Waals surface area contributed by atoms with E-state index in [0.717, 1.165) is 39.3 Å². The van der Waals surface area contributed by atoms with Gasteiger partial charge < -0.3 is 0 Å². The average molecular weight is 545 g/mol. The molecular weight excluding hydrogens is 512 g/mol. The number of Topliss-reactive ketones (excluding diaryl/α,β-unsaturated/α-hetero) is 1. The minimum absolute atomic E-state index is 0.0560. The molecule has 0 fully saturated rings. The summed E-state index contributed by atoms with van der Waals surface area (Å²) in [4.78, 5) is 11.9. The third-order valence-corrected chi connectivity index (χ3v) is 8.75. The molecule has 2 aliphatic heterocycles. The number of benzene rings is 4. The maximum atomic E-state index is 12.8. The van der Waals surface area contributed by atoms with Gasteiger partial charge in [-0.3, -0.25) is 4.79 Å². The largest absolute Gasteiger partial charge is 0.292 e. The van der Waals surface area contributed by atoms with Crippen LogP contribution in [0.15, 0.2) is 113 Å². The first-order chi connectivity index (χ1) is 19.2. The zero-order valence-electron chi connectivity index (χ0n) is 23.4. The second-order valence-electron chi connectivity index (χ2n) is 11.3. The number of hydrazone groups is 2. The Labute approximate surface area is 240 Å². The summed E-state index contributed by atoms with van der Waals surface area (Å²) in [7, 11) is 0. The minimum atomic E-state index is -0.941. The fraction of sp³-hybridized carbons (Fsp3) is 0.206. The maximum absolute atomic E-state index is 12.8. The fourth-order valence-corrected chi connectivity index (χ4v) is 6.46. The number of ketones is 1. The van der Waals surface area contributed by atoms with Crippen molar-refractivity contribution in [1.29, 1.82) is 0 Å². The van der Waals surface area contributed by atoms with Gasteiger partial charge in [0.05, 0.1) is 17.1 Å². The first kappa shape index (κ1) is 26.1. The maximum Gasteiger partial charge on any atom is 0.234 e. The number of fused-ring (bicyclic) bond motifs is 2. The van der Waals surface area contributed by atoms with Crippen molar-refractivity contribution in [2.24, 2.45) is 10.2 Å². The molecule has 6 heteroatoms. The van der Waals surface area contributed by atoms with E-state index in [4.69, 9.17) is 10.2 Å². The van der Waals surface area contributed by atoms with Crippen molar-refractivity contribution in [2.45, 2.75) is 45.0 Å². The third kappa shape index (κ3) is 4.33. The zero-order chi connectivity index (χ0) is 28.1. The quantitative estimate of drug-likeness (QED) is 0.263. The Morgan fingerprint density at radius 2 is 1.35 bits per heavy atom. The van der Waals surface area contributed by atoms with Crippen LogP contribution in [0, 0.1) is 6.92 Å². The number of hydrogen-bond donors (Lipinski definition) is 0. The number of anilines is 2. The van der Waals surface area contributed by atoms with Crippen molar-refractivity contribution in [2.75, 3.05) is 10.0 Å². The van der Waals surface area contributed by atoms with Crippen LogP contribution in [0.25, 0.3) is 0 Å². The molecule has 0 unspecified atom stereocenters. The number of thioether (sulfide) groups is 1. The molecule has 40 heavy (non-hydrogen) atoms. The van der Waals surface area contributed by atoms with E-state index in [1.165, 1.54) is 17.3 Å². The van der Waals surface area contributed by atoms with Crippen molar-refractivity contribution in [3.8, 4) is 0 Å². The predicted octanol–water partition coefficient (Wildman–Crippen LogP) is 7.83. The molecule has 0 bridgehead atoms. The van der Waals surface area contributed by atoms with Crippen LogP contribution in [0.3, 0.4) is 0 Å². The van der Waals surface area contributed by atoms with Crippen molar-refractivity contribution >= 4 is 39.7 Å². The van der Waals surface area contributed by atoms with Crippen LogP contribution in [-0.4, -0.2) is 16.5 Å². The number of hydrogen-bond acceptors (Lipinski definition) is 6. The van der Waals surface area contributed by atoms with Gasteiger partial charge in [0.2, 0.25) is 4.99 Å². The Morgan fingerprint density at radius 1 is 0.750 bits per heavy atom. The summed E-state index contributed by atoms with van der Waals surface area (Å²) >= 11 is 1.44. The first-order valence-corrected chi connectivity index (χ1v) is 14.3. The van der Waals surface area contributed by atoms with E-state index in [1.54, 1.807) is 6.92 Å². The Morgan fingerprint density at radius 3 is 2.00 bits per heavy atom. The summed E-state index contributed by atoms with van der Waals surface area (Å²) < 4.78 is 0. The molecular formula is C34H32N4OS. The van der Waals surface area contributed by atoms with Gasteiger partial charge in [0.1, 0.15) is 0 Å². The monoisotopic (exact) mass is 544 g/mol. The number of carbonyl (C=O) groups is 1. The van der Waals surface area contributed by atoms with Gasteiger partial charge in [0, 0.05) is 23.6 Å². The molecule has 0 saturated carbocycles.